The number of hydrogen-bond donors (Lipinski definition) is 2. The van der Waals surface area contributed by atoms with Crippen LogP contribution in [0.5, 0.6) is 0 Å². The maximum Gasteiger partial charge on any atom is 0.338 e. The zero-order chi connectivity index (χ0) is 12.0. The van der Waals surface area contributed by atoms with Gasteiger partial charge in [-0.25, -0.2) is 4.79 Å². The lowest BCUT2D eigenvalue weighted by Crippen LogP contribution is -2.45. The second-order valence-electron chi connectivity index (χ2n) is 3.69. The first kappa shape index (κ1) is 12.6. The molecule has 0 aliphatic rings. The highest BCUT2D eigenvalue weighted by molar-refractivity contribution is 5.78. The van der Waals surface area contributed by atoms with E-state index >= 15 is 0 Å². The van der Waals surface area contributed by atoms with Gasteiger partial charge in [-0.1, -0.05) is 6.07 Å². The van der Waals surface area contributed by atoms with Crippen LogP contribution in [0.1, 0.15) is 12.6 Å². The number of esters is 1. The number of carbonyl (C=O) groups excluding carboxylic acids is 1. The van der Waals surface area contributed by atoms with Gasteiger partial charge in [0.25, 0.3) is 0 Å². The molecule has 0 aliphatic heterocycles. The van der Waals surface area contributed by atoms with Gasteiger partial charge in [-0.15, -0.1) is 0 Å². The molecule has 1 atom stereocenters. The predicted octanol–water partition coefficient (Wildman–Crippen LogP) is 0.0952. The van der Waals surface area contributed by atoms with Crippen LogP contribution in [0.3, 0.4) is 0 Å². The highest BCUT2D eigenvalue weighted by atomic mass is 16.5. The Morgan fingerprint density at radius 1 is 1.62 bits per heavy atom. The summed E-state index contributed by atoms with van der Waals surface area (Å²) in [5.41, 5.74) is -0.660. The van der Waals surface area contributed by atoms with E-state index in [0.29, 0.717) is 6.54 Å². The van der Waals surface area contributed by atoms with E-state index in [1.807, 2.05) is 18.2 Å². The van der Waals surface area contributed by atoms with Gasteiger partial charge in [-0.3, -0.25) is 4.98 Å². The van der Waals surface area contributed by atoms with Crippen molar-refractivity contribution in [3.05, 3.63) is 30.1 Å². The van der Waals surface area contributed by atoms with Crippen molar-refractivity contribution >= 4 is 5.97 Å². The number of nitrogens with one attached hydrogen (secondary N) is 1. The summed E-state index contributed by atoms with van der Waals surface area (Å²) in [6.45, 7) is 2.02. The summed E-state index contributed by atoms with van der Waals surface area (Å²) in [6.07, 6.45) is 1.69. The normalized spacial score (nSPS) is 14.2. The topological polar surface area (TPSA) is 71.5 Å². The number of aromatic nitrogens is 1. The molecule has 0 aromatic carbocycles. The van der Waals surface area contributed by atoms with Crippen LogP contribution in [-0.2, 0) is 16.1 Å². The van der Waals surface area contributed by atoms with Gasteiger partial charge in [0.1, 0.15) is 0 Å². The first-order valence-corrected chi connectivity index (χ1v) is 4.97. The van der Waals surface area contributed by atoms with Crippen molar-refractivity contribution in [2.75, 3.05) is 13.7 Å². The fourth-order valence-corrected chi connectivity index (χ4v) is 1.23. The van der Waals surface area contributed by atoms with E-state index in [1.54, 1.807) is 6.20 Å². The number of rotatable bonds is 5. The molecule has 1 unspecified atom stereocenters. The second kappa shape index (κ2) is 5.58. The number of nitrogens with zero attached hydrogens (tertiary/aromatic N) is 1. The van der Waals surface area contributed by atoms with Crippen LogP contribution in [-0.4, -0.2) is 35.3 Å². The summed E-state index contributed by atoms with van der Waals surface area (Å²) in [5.74, 6) is -0.652. The Labute approximate surface area is 94.5 Å². The zero-order valence-corrected chi connectivity index (χ0v) is 9.43. The minimum absolute atomic E-state index is 0.121. The van der Waals surface area contributed by atoms with E-state index in [0.717, 1.165) is 5.69 Å². The Hall–Kier alpha value is -1.46. The van der Waals surface area contributed by atoms with Crippen LogP contribution in [0.2, 0.25) is 0 Å². The Balaban J connectivity index is 2.38. The van der Waals surface area contributed by atoms with Crippen molar-refractivity contribution in [3.8, 4) is 0 Å². The molecule has 2 N–H and O–H groups in total. The van der Waals surface area contributed by atoms with Crippen LogP contribution in [0.25, 0.3) is 0 Å². The van der Waals surface area contributed by atoms with Gasteiger partial charge in [-0.05, 0) is 19.1 Å². The number of pyridine rings is 1. The SMILES string of the molecule is COC(=O)C(C)(O)CNCc1ccccn1. The predicted molar refractivity (Wildman–Crippen MR) is 58.6 cm³/mol. The molecular formula is C11H16N2O3. The fraction of sp³-hybridized carbons (Fsp3) is 0.455. The molecule has 1 aromatic rings. The summed E-state index contributed by atoms with van der Waals surface area (Å²) in [5, 5.41) is 12.6. The van der Waals surface area contributed by atoms with E-state index in [-0.39, 0.29) is 6.54 Å². The fourth-order valence-electron chi connectivity index (χ4n) is 1.23. The first-order chi connectivity index (χ1) is 7.56. The molecule has 0 saturated heterocycles. The third kappa shape index (κ3) is 3.60. The van der Waals surface area contributed by atoms with Crippen LogP contribution < -0.4 is 5.32 Å². The third-order valence-corrected chi connectivity index (χ3v) is 2.13. The molecule has 16 heavy (non-hydrogen) atoms. The minimum Gasteiger partial charge on any atom is -0.467 e. The number of methoxy groups -OCH3 is 1. The molecule has 0 aliphatic carbocycles. The molecular weight excluding hydrogens is 208 g/mol. The molecule has 5 heteroatoms. The largest absolute Gasteiger partial charge is 0.467 e. The standard InChI is InChI=1S/C11H16N2O3/c1-11(15,10(14)16-2)8-12-7-9-5-3-4-6-13-9/h3-6,12,15H,7-8H2,1-2H3. The molecule has 0 spiro atoms. The van der Waals surface area contributed by atoms with Crippen molar-refractivity contribution in [2.24, 2.45) is 0 Å². The van der Waals surface area contributed by atoms with Gasteiger partial charge in [0.15, 0.2) is 5.60 Å². The molecule has 5 nitrogen and oxygen atoms in total. The Kier molecular flexibility index (Phi) is 4.39. The third-order valence-electron chi connectivity index (χ3n) is 2.13. The lowest BCUT2D eigenvalue weighted by atomic mass is 10.1. The lowest BCUT2D eigenvalue weighted by molar-refractivity contribution is -0.159. The quantitative estimate of drug-likeness (QED) is 0.694. The first-order valence-electron chi connectivity index (χ1n) is 4.97. The van der Waals surface area contributed by atoms with Gasteiger partial charge in [0.05, 0.1) is 12.8 Å². The molecule has 1 rings (SSSR count). The van der Waals surface area contributed by atoms with Gasteiger partial charge in [-0.2, -0.15) is 0 Å². The van der Waals surface area contributed by atoms with Crippen molar-refractivity contribution in [1.29, 1.82) is 0 Å². The molecule has 0 radical (unpaired) electrons. The molecule has 88 valence electrons. The molecule has 0 saturated carbocycles. The monoisotopic (exact) mass is 224 g/mol. The van der Waals surface area contributed by atoms with Gasteiger partial charge < -0.3 is 15.2 Å². The smallest absolute Gasteiger partial charge is 0.338 e. The summed E-state index contributed by atoms with van der Waals surface area (Å²) < 4.78 is 4.47. The van der Waals surface area contributed by atoms with Crippen molar-refractivity contribution in [1.82, 2.24) is 10.3 Å². The maximum atomic E-state index is 11.1. The van der Waals surface area contributed by atoms with Crippen LogP contribution in [0.15, 0.2) is 24.4 Å². The summed E-state index contributed by atoms with van der Waals surface area (Å²) in [7, 11) is 1.25. The zero-order valence-electron chi connectivity index (χ0n) is 9.43. The van der Waals surface area contributed by atoms with E-state index in [4.69, 9.17) is 0 Å². The van der Waals surface area contributed by atoms with Crippen molar-refractivity contribution < 1.29 is 14.6 Å². The number of aliphatic hydroxyl groups is 1. The minimum atomic E-state index is -1.51. The van der Waals surface area contributed by atoms with Crippen LogP contribution in [0, 0.1) is 0 Å². The number of ether oxygens (including phenoxy) is 1. The van der Waals surface area contributed by atoms with Gasteiger partial charge in [0, 0.05) is 19.3 Å². The average molecular weight is 224 g/mol. The number of carbonyl (C=O) groups is 1. The molecule has 1 heterocycles. The van der Waals surface area contributed by atoms with E-state index in [2.05, 4.69) is 15.0 Å². The van der Waals surface area contributed by atoms with Crippen molar-refractivity contribution in [3.63, 3.8) is 0 Å². The van der Waals surface area contributed by atoms with E-state index < -0.39 is 11.6 Å². The Morgan fingerprint density at radius 2 is 2.38 bits per heavy atom. The highest BCUT2D eigenvalue weighted by Gasteiger charge is 2.30. The van der Waals surface area contributed by atoms with E-state index in [1.165, 1.54) is 14.0 Å². The maximum absolute atomic E-state index is 11.1. The van der Waals surface area contributed by atoms with Gasteiger partial charge in [0.2, 0.25) is 0 Å². The molecule has 0 amide bonds. The Morgan fingerprint density at radius 3 is 2.94 bits per heavy atom. The Bertz CT molecular complexity index is 338. The second-order valence-corrected chi connectivity index (χ2v) is 3.69. The molecule has 0 fully saturated rings. The van der Waals surface area contributed by atoms with E-state index in [9.17, 15) is 9.90 Å². The van der Waals surface area contributed by atoms with Gasteiger partial charge >= 0.3 is 5.97 Å². The summed E-state index contributed by atoms with van der Waals surface area (Å²) in [4.78, 5) is 15.3. The molecule has 0 bridgehead atoms. The van der Waals surface area contributed by atoms with Crippen molar-refractivity contribution in [2.45, 2.75) is 19.1 Å². The van der Waals surface area contributed by atoms with Crippen LogP contribution in [0.4, 0.5) is 0 Å². The summed E-state index contributed by atoms with van der Waals surface area (Å²) in [6, 6.07) is 5.57. The number of hydrogen-bond acceptors (Lipinski definition) is 5. The average Bonchev–Trinajstić information content (AvgIpc) is 2.29. The molecule has 1 aromatic heterocycles. The summed E-state index contributed by atoms with van der Waals surface area (Å²) >= 11 is 0. The highest BCUT2D eigenvalue weighted by Crippen LogP contribution is 2.04. The lowest BCUT2D eigenvalue weighted by Gasteiger charge is -2.20. The van der Waals surface area contributed by atoms with Crippen LogP contribution >= 0.6 is 0 Å².